The molecule has 0 radical (unpaired) electrons. The van der Waals surface area contributed by atoms with Gasteiger partial charge in [0.25, 0.3) is 0 Å². The second-order valence-corrected chi connectivity index (χ2v) is 9.81. The van der Waals surface area contributed by atoms with Gasteiger partial charge in [-0.25, -0.2) is 0 Å². The number of benzene rings is 2. The lowest BCUT2D eigenvalue weighted by molar-refractivity contribution is -0.111. The molecule has 0 heterocycles. The third-order valence-corrected chi connectivity index (χ3v) is 6.82. The van der Waals surface area contributed by atoms with E-state index in [4.69, 9.17) is 18.9 Å². The predicted molar refractivity (Wildman–Crippen MR) is 155 cm³/mol. The van der Waals surface area contributed by atoms with Crippen molar-refractivity contribution < 1.29 is 23.7 Å². The van der Waals surface area contributed by atoms with E-state index in [0.717, 1.165) is 59.5 Å². The number of methoxy groups -OCH3 is 2. The number of ketones is 1. The van der Waals surface area contributed by atoms with Gasteiger partial charge >= 0.3 is 0 Å². The zero-order valence-electron chi connectivity index (χ0n) is 23.6. The van der Waals surface area contributed by atoms with Gasteiger partial charge in [0.1, 0.15) is 0 Å². The van der Waals surface area contributed by atoms with E-state index in [1.807, 2.05) is 48.6 Å². The Balaban J connectivity index is 1.65. The lowest BCUT2D eigenvalue weighted by Crippen LogP contribution is -2.00. The number of unbranched alkanes of at least 4 members (excludes halogenated alkanes) is 6. The summed E-state index contributed by atoms with van der Waals surface area (Å²) in [4.78, 5) is 13.2. The van der Waals surface area contributed by atoms with E-state index in [1.54, 1.807) is 14.2 Å². The largest absolute Gasteiger partial charge is 0.493 e. The number of allylic oxidation sites excluding steroid dienone is 2. The van der Waals surface area contributed by atoms with Crippen molar-refractivity contribution in [3.8, 4) is 23.0 Å². The number of hydrogen-bond donors (Lipinski definition) is 0. The minimum atomic E-state index is 0.0930. The van der Waals surface area contributed by atoms with E-state index in [2.05, 4.69) is 13.8 Å². The molecule has 0 N–H and O–H groups in total. The summed E-state index contributed by atoms with van der Waals surface area (Å²) in [6, 6.07) is 11.7. The molecule has 1 saturated carbocycles. The molecule has 2 aromatic carbocycles. The van der Waals surface area contributed by atoms with Gasteiger partial charge in [0.05, 0.1) is 27.4 Å². The van der Waals surface area contributed by atoms with Crippen molar-refractivity contribution in [1.29, 1.82) is 0 Å². The molecule has 38 heavy (non-hydrogen) atoms. The SMILES string of the molecule is CCCCCCOc1ccc(C=C2CCC(=Cc3ccc(OCCCCCC)c(OC)c3)C2=O)cc1OC. The Kier molecular flexibility index (Phi) is 12.3. The molecule has 1 fully saturated rings. The first kappa shape index (κ1) is 29.3. The van der Waals surface area contributed by atoms with Gasteiger partial charge < -0.3 is 18.9 Å². The van der Waals surface area contributed by atoms with Gasteiger partial charge in [-0.05, 0) is 73.2 Å². The molecule has 0 amide bonds. The normalized spacial score (nSPS) is 15.3. The first-order chi connectivity index (χ1) is 18.6. The average Bonchev–Trinajstić information content (AvgIpc) is 3.27. The van der Waals surface area contributed by atoms with Crippen molar-refractivity contribution in [3.63, 3.8) is 0 Å². The molecule has 0 spiro atoms. The van der Waals surface area contributed by atoms with E-state index in [1.165, 1.54) is 38.5 Å². The van der Waals surface area contributed by atoms with Crippen LogP contribution in [0.5, 0.6) is 23.0 Å². The fraction of sp³-hybridized carbons (Fsp3) is 0.485. The number of ether oxygens (including phenoxy) is 4. The number of rotatable bonds is 16. The molecule has 1 aliphatic carbocycles. The van der Waals surface area contributed by atoms with Gasteiger partial charge in [-0.1, -0.05) is 64.5 Å². The van der Waals surface area contributed by atoms with E-state index in [-0.39, 0.29) is 5.78 Å². The molecule has 0 bridgehead atoms. The molecule has 0 unspecified atom stereocenters. The van der Waals surface area contributed by atoms with Crippen LogP contribution in [0.4, 0.5) is 0 Å². The van der Waals surface area contributed by atoms with E-state index < -0.39 is 0 Å². The highest BCUT2D eigenvalue weighted by Crippen LogP contribution is 2.34. The fourth-order valence-electron chi connectivity index (χ4n) is 4.59. The first-order valence-corrected chi connectivity index (χ1v) is 14.2. The predicted octanol–water partition coefficient (Wildman–Crippen LogP) is 8.45. The summed E-state index contributed by atoms with van der Waals surface area (Å²) in [5.41, 5.74) is 3.50. The Bertz CT molecular complexity index is 1010. The second kappa shape index (κ2) is 15.9. The molecule has 0 aromatic heterocycles. The summed E-state index contributed by atoms with van der Waals surface area (Å²) < 4.78 is 23.0. The molecule has 5 nitrogen and oxygen atoms in total. The minimum Gasteiger partial charge on any atom is -0.493 e. The third kappa shape index (κ3) is 8.68. The van der Waals surface area contributed by atoms with Gasteiger partial charge in [-0.15, -0.1) is 0 Å². The summed E-state index contributed by atoms with van der Waals surface area (Å²) in [5, 5.41) is 0. The average molecular weight is 521 g/mol. The van der Waals surface area contributed by atoms with Gasteiger partial charge in [0.15, 0.2) is 28.8 Å². The van der Waals surface area contributed by atoms with Crippen LogP contribution in [0.3, 0.4) is 0 Å². The van der Waals surface area contributed by atoms with Crippen molar-refractivity contribution in [2.45, 2.75) is 78.1 Å². The van der Waals surface area contributed by atoms with Crippen molar-refractivity contribution in [2.24, 2.45) is 0 Å². The quantitative estimate of drug-likeness (QED) is 0.164. The first-order valence-electron chi connectivity index (χ1n) is 14.2. The van der Waals surface area contributed by atoms with Gasteiger partial charge in [0, 0.05) is 11.1 Å². The minimum absolute atomic E-state index is 0.0930. The van der Waals surface area contributed by atoms with Crippen LogP contribution < -0.4 is 18.9 Å². The zero-order chi connectivity index (χ0) is 27.2. The van der Waals surface area contributed by atoms with Crippen LogP contribution in [0, 0.1) is 0 Å². The highest BCUT2D eigenvalue weighted by Gasteiger charge is 2.23. The fourth-order valence-corrected chi connectivity index (χ4v) is 4.59. The Morgan fingerprint density at radius 3 is 1.47 bits per heavy atom. The molecular formula is C33H44O5. The molecular weight excluding hydrogens is 476 g/mol. The maximum atomic E-state index is 13.2. The molecule has 3 rings (SSSR count). The molecule has 2 aromatic rings. The number of carbonyl (C=O) groups excluding carboxylic acids is 1. The lowest BCUT2D eigenvalue weighted by atomic mass is 10.1. The lowest BCUT2D eigenvalue weighted by Gasteiger charge is -2.11. The summed E-state index contributed by atoms with van der Waals surface area (Å²) in [6.45, 7) is 5.76. The van der Waals surface area contributed by atoms with Crippen LogP contribution >= 0.6 is 0 Å². The van der Waals surface area contributed by atoms with Gasteiger partial charge in [0.2, 0.25) is 0 Å². The van der Waals surface area contributed by atoms with E-state index in [0.29, 0.717) is 24.7 Å². The number of carbonyl (C=O) groups is 1. The van der Waals surface area contributed by atoms with Crippen molar-refractivity contribution in [2.75, 3.05) is 27.4 Å². The monoisotopic (exact) mass is 520 g/mol. The van der Waals surface area contributed by atoms with Crippen LogP contribution in [-0.4, -0.2) is 33.2 Å². The van der Waals surface area contributed by atoms with Crippen molar-refractivity contribution >= 4 is 17.9 Å². The van der Waals surface area contributed by atoms with Gasteiger partial charge in [-0.2, -0.15) is 0 Å². The summed E-state index contributed by atoms with van der Waals surface area (Å²) in [5.74, 6) is 2.96. The Hall–Kier alpha value is -3.21. The highest BCUT2D eigenvalue weighted by atomic mass is 16.5. The number of Topliss-reactive ketones (excluding diaryl/α,β-unsaturated/α-hetero) is 1. The Morgan fingerprint density at radius 2 is 1.08 bits per heavy atom. The maximum absolute atomic E-state index is 13.2. The molecule has 206 valence electrons. The van der Waals surface area contributed by atoms with Crippen LogP contribution in [0.1, 0.15) is 89.2 Å². The van der Waals surface area contributed by atoms with Crippen LogP contribution in [0.15, 0.2) is 47.5 Å². The molecule has 1 aliphatic rings. The topological polar surface area (TPSA) is 54.0 Å². The highest BCUT2D eigenvalue weighted by molar-refractivity contribution is 6.15. The third-order valence-electron chi connectivity index (χ3n) is 6.82. The van der Waals surface area contributed by atoms with Crippen molar-refractivity contribution in [1.82, 2.24) is 0 Å². The Labute approximate surface area is 228 Å². The van der Waals surface area contributed by atoms with Crippen molar-refractivity contribution in [3.05, 3.63) is 58.7 Å². The number of hydrogen-bond acceptors (Lipinski definition) is 5. The molecule has 0 saturated heterocycles. The maximum Gasteiger partial charge on any atom is 0.185 e. The second-order valence-electron chi connectivity index (χ2n) is 9.81. The van der Waals surface area contributed by atoms with E-state index >= 15 is 0 Å². The molecule has 5 heteroatoms. The molecule has 0 atom stereocenters. The van der Waals surface area contributed by atoms with Crippen LogP contribution in [-0.2, 0) is 4.79 Å². The van der Waals surface area contributed by atoms with E-state index in [9.17, 15) is 4.79 Å². The van der Waals surface area contributed by atoms with Gasteiger partial charge in [-0.3, -0.25) is 4.79 Å². The summed E-state index contributed by atoms with van der Waals surface area (Å²) >= 11 is 0. The standard InChI is InChI=1S/C33H44O5/c1-5-7-9-11-19-37-29-17-13-25(23-31(29)35-3)21-27-15-16-28(33(27)34)22-26-14-18-30(32(24-26)36-4)38-20-12-10-8-6-2/h13-14,17-18,21-24H,5-12,15-16,19-20H2,1-4H3. The summed E-state index contributed by atoms with van der Waals surface area (Å²) in [6.07, 6.45) is 14.6. The van der Waals surface area contributed by atoms with Crippen LogP contribution in [0.25, 0.3) is 12.2 Å². The Morgan fingerprint density at radius 1 is 0.632 bits per heavy atom. The zero-order valence-corrected chi connectivity index (χ0v) is 23.6. The molecule has 0 aliphatic heterocycles. The van der Waals surface area contributed by atoms with Crippen LogP contribution in [0.2, 0.25) is 0 Å². The smallest absolute Gasteiger partial charge is 0.185 e. The summed E-state index contributed by atoms with van der Waals surface area (Å²) in [7, 11) is 3.30.